The van der Waals surface area contributed by atoms with E-state index in [4.69, 9.17) is 4.74 Å². The van der Waals surface area contributed by atoms with E-state index in [1.165, 1.54) is 29.2 Å². The summed E-state index contributed by atoms with van der Waals surface area (Å²) in [4.78, 5) is 11.2. The number of aromatic nitrogens is 7. The number of nitrogens with zero attached hydrogens (tertiary/aromatic N) is 9. The fourth-order valence-corrected chi connectivity index (χ4v) is 4.77. The molecule has 214 valence electrons. The summed E-state index contributed by atoms with van der Waals surface area (Å²) in [6.07, 6.45) is -0.256. The average molecular weight is 575 g/mol. The number of nitriles is 1. The molecule has 1 fully saturated rings. The van der Waals surface area contributed by atoms with Crippen LogP contribution in [0.3, 0.4) is 0 Å². The number of fused-ring (bicyclic) bond motifs is 1. The Morgan fingerprint density at radius 3 is 2.67 bits per heavy atom. The molecule has 4 aromatic heterocycles. The van der Waals surface area contributed by atoms with Gasteiger partial charge in [-0.2, -0.15) is 15.5 Å². The summed E-state index contributed by atoms with van der Waals surface area (Å²) in [6.45, 7) is 4.28. The average Bonchev–Trinajstić information content (AvgIpc) is 3.56. The second kappa shape index (κ2) is 11.2. The van der Waals surface area contributed by atoms with Gasteiger partial charge in [0.1, 0.15) is 29.7 Å². The molecule has 0 bridgehead atoms. The van der Waals surface area contributed by atoms with Crippen molar-refractivity contribution >= 4 is 22.5 Å². The Labute approximate surface area is 238 Å². The van der Waals surface area contributed by atoms with Crippen LogP contribution >= 0.6 is 0 Å². The van der Waals surface area contributed by atoms with Gasteiger partial charge in [-0.25, -0.2) is 27.8 Å². The molecule has 42 heavy (non-hydrogen) atoms. The zero-order chi connectivity index (χ0) is 29.4. The van der Waals surface area contributed by atoms with Gasteiger partial charge in [-0.05, 0) is 43.3 Å². The van der Waals surface area contributed by atoms with E-state index in [-0.39, 0.29) is 17.1 Å². The smallest absolute Gasteiger partial charge is 0.282 e. The van der Waals surface area contributed by atoms with Crippen molar-refractivity contribution in [3.05, 3.63) is 77.3 Å². The molecule has 11 nitrogen and oxygen atoms in total. The maximum absolute atomic E-state index is 15.3. The molecule has 5 aromatic rings. The first-order valence-electron chi connectivity index (χ1n) is 13.1. The first-order chi connectivity index (χ1) is 20.3. The minimum absolute atomic E-state index is 0.0751. The van der Waals surface area contributed by atoms with Crippen molar-refractivity contribution in [3.63, 3.8) is 0 Å². The molecule has 1 aliphatic heterocycles. The highest BCUT2D eigenvalue weighted by molar-refractivity contribution is 5.82. The summed E-state index contributed by atoms with van der Waals surface area (Å²) in [5, 5.41) is 24.9. The van der Waals surface area contributed by atoms with Crippen LogP contribution in [0, 0.1) is 24.1 Å². The summed E-state index contributed by atoms with van der Waals surface area (Å²) in [7, 11) is 1.72. The molecule has 0 saturated carbocycles. The zero-order valence-electron chi connectivity index (χ0n) is 22.7. The van der Waals surface area contributed by atoms with E-state index < -0.39 is 17.9 Å². The summed E-state index contributed by atoms with van der Waals surface area (Å²) >= 11 is 0. The first kappa shape index (κ1) is 27.3. The van der Waals surface area contributed by atoms with Gasteiger partial charge in [0, 0.05) is 44.9 Å². The Balaban J connectivity index is 1.22. The van der Waals surface area contributed by atoms with Crippen LogP contribution < -0.4 is 5.32 Å². The topological polar surface area (TPSA) is 123 Å². The molecule has 0 aliphatic carbocycles. The van der Waals surface area contributed by atoms with Gasteiger partial charge in [-0.15, -0.1) is 5.10 Å². The molecule has 6 rings (SSSR count). The highest BCUT2D eigenvalue weighted by Crippen LogP contribution is 2.27. The molecule has 1 saturated heterocycles. The molecule has 0 spiro atoms. The number of pyridine rings is 1. The van der Waals surface area contributed by atoms with Crippen LogP contribution in [0.2, 0.25) is 0 Å². The number of anilines is 2. The number of hydrogen-bond donors (Lipinski definition) is 1. The van der Waals surface area contributed by atoms with Crippen molar-refractivity contribution in [2.45, 2.75) is 25.9 Å². The molecule has 0 amide bonds. The first-order valence-corrected chi connectivity index (χ1v) is 13.1. The summed E-state index contributed by atoms with van der Waals surface area (Å²) in [5.41, 5.74) is 1.98. The number of methoxy groups -OCH3 is 1. The van der Waals surface area contributed by atoms with Crippen LogP contribution in [0.15, 0.2) is 48.8 Å². The van der Waals surface area contributed by atoms with Gasteiger partial charge in [0.15, 0.2) is 11.6 Å². The van der Waals surface area contributed by atoms with Gasteiger partial charge in [0.05, 0.1) is 34.1 Å². The molecule has 5 heterocycles. The number of ether oxygens (including phenoxy) is 1. The fourth-order valence-electron chi connectivity index (χ4n) is 4.77. The van der Waals surface area contributed by atoms with Crippen LogP contribution in [0.4, 0.5) is 24.7 Å². The zero-order valence-corrected chi connectivity index (χ0v) is 22.7. The van der Waals surface area contributed by atoms with E-state index in [2.05, 4.69) is 35.5 Å². The highest BCUT2D eigenvalue weighted by atomic mass is 19.3. The van der Waals surface area contributed by atoms with Crippen LogP contribution in [0.1, 0.15) is 29.1 Å². The van der Waals surface area contributed by atoms with E-state index in [9.17, 15) is 14.0 Å². The number of hydrogen-bond acceptors (Lipinski definition) is 9. The normalized spacial score (nSPS) is 13.9. The van der Waals surface area contributed by atoms with Crippen molar-refractivity contribution in [1.29, 1.82) is 5.26 Å². The monoisotopic (exact) mass is 574 g/mol. The third-order valence-electron chi connectivity index (χ3n) is 7.12. The van der Waals surface area contributed by atoms with Gasteiger partial charge in [-0.3, -0.25) is 9.47 Å². The molecule has 14 heteroatoms. The van der Waals surface area contributed by atoms with Crippen molar-refractivity contribution < 1.29 is 17.9 Å². The Bertz CT molecular complexity index is 1790. The lowest BCUT2D eigenvalue weighted by molar-refractivity contribution is -0.0285. The predicted octanol–water partition coefficient (Wildman–Crippen LogP) is 4.27. The van der Waals surface area contributed by atoms with E-state index in [0.29, 0.717) is 34.5 Å². The number of benzene rings is 1. The molecule has 1 N–H and O–H groups in total. The number of rotatable bonds is 9. The third-order valence-corrected chi connectivity index (χ3v) is 7.12. The third kappa shape index (κ3) is 5.27. The largest absolute Gasteiger partial charge is 0.379 e. The van der Waals surface area contributed by atoms with Gasteiger partial charge < -0.3 is 10.1 Å². The number of halogens is 3. The van der Waals surface area contributed by atoms with Gasteiger partial charge in [-0.1, -0.05) is 0 Å². The summed E-state index contributed by atoms with van der Waals surface area (Å²) in [5.74, 6) is 0.207. The molecular formula is C28H25F3N10O. The molecule has 0 atom stereocenters. The fraction of sp³-hybridized carbons (Fsp3) is 0.286. The van der Waals surface area contributed by atoms with Crippen LogP contribution in [0.25, 0.3) is 22.7 Å². The Morgan fingerprint density at radius 1 is 1.14 bits per heavy atom. The minimum atomic E-state index is -2.77. The summed E-state index contributed by atoms with van der Waals surface area (Å²) < 4.78 is 49.7. The van der Waals surface area contributed by atoms with E-state index in [0.717, 1.165) is 31.7 Å². The van der Waals surface area contributed by atoms with Crippen molar-refractivity contribution in [2.24, 2.45) is 0 Å². The standard InChI is InChI=1S/C28H25F3N10O/c1-16-9-23(27(30)31)38-41(16)28-17(12-32)3-6-26(35-28)40-15-33-22-11-21(20(29)10-24(22)40)34-25-5-4-18(36-37-25)7-8-39-13-19(14-39)42-2/h3-6,9-11,15,19,27H,7-8,13-14H2,1-2H3,(H,34,37). The molecular weight excluding hydrogens is 549 g/mol. The number of nitrogens with one attached hydrogen (secondary N) is 1. The van der Waals surface area contributed by atoms with Gasteiger partial charge in [0.2, 0.25) is 0 Å². The number of aryl methyl sites for hydroxylation is 1. The highest BCUT2D eigenvalue weighted by Gasteiger charge is 2.25. The lowest BCUT2D eigenvalue weighted by Gasteiger charge is -2.37. The second-order valence-electron chi connectivity index (χ2n) is 9.91. The maximum atomic E-state index is 15.3. The van der Waals surface area contributed by atoms with Crippen molar-refractivity contribution in [2.75, 3.05) is 32.1 Å². The minimum Gasteiger partial charge on any atom is -0.379 e. The Morgan fingerprint density at radius 2 is 1.98 bits per heavy atom. The second-order valence-corrected chi connectivity index (χ2v) is 9.91. The molecule has 0 unspecified atom stereocenters. The van der Waals surface area contributed by atoms with Crippen LogP contribution in [-0.2, 0) is 11.2 Å². The number of alkyl halides is 2. The van der Waals surface area contributed by atoms with Gasteiger partial charge in [0.25, 0.3) is 6.43 Å². The lowest BCUT2D eigenvalue weighted by atomic mass is 10.1. The quantitative estimate of drug-likeness (QED) is 0.275. The summed E-state index contributed by atoms with van der Waals surface area (Å²) in [6, 6.07) is 12.8. The lowest BCUT2D eigenvalue weighted by Crippen LogP contribution is -2.52. The molecule has 1 aliphatic rings. The number of imidazole rings is 1. The van der Waals surface area contributed by atoms with Crippen LogP contribution in [-0.4, -0.2) is 72.3 Å². The Hall–Kier alpha value is -4.87. The van der Waals surface area contributed by atoms with E-state index in [1.54, 1.807) is 36.8 Å². The van der Waals surface area contributed by atoms with E-state index >= 15 is 4.39 Å². The van der Waals surface area contributed by atoms with Gasteiger partial charge >= 0.3 is 0 Å². The van der Waals surface area contributed by atoms with Crippen LogP contribution in [0.5, 0.6) is 0 Å². The SMILES string of the molecule is COC1CN(CCc2ccc(Nc3cc4ncn(-c5ccc(C#N)c(-n6nc(C(F)F)cc6C)n5)c4cc3F)nn2)C1. The molecule has 0 radical (unpaired) electrons. The van der Waals surface area contributed by atoms with Crippen molar-refractivity contribution in [3.8, 4) is 17.7 Å². The number of likely N-dealkylation sites (tertiary alicyclic amines) is 1. The van der Waals surface area contributed by atoms with E-state index in [1.807, 2.05) is 12.1 Å². The van der Waals surface area contributed by atoms with Crippen molar-refractivity contribution in [1.82, 2.24) is 39.4 Å². The maximum Gasteiger partial charge on any atom is 0.282 e. The molecule has 1 aromatic carbocycles. The Kier molecular flexibility index (Phi) is 7.27. The predicted molar refractivity (Wildman–Crippen MR) is 147 cm³/mol.